The Morgan fingerprint density at radius 1 is 0.881 bits per heavy atom. The van der Waals surface area contributed by atoms with Crippen molar-refractivity contribution in [1.82, 2.24) is 14.8 Å². The number of hydrogen-bond acceptors (Lipinski definition) is 6. The molecule has 2 aliphatic rings. The van der Waals surface area contributed by atoms with Crippen molar-refractivity contribution in [1.29, 1.82) is 0 Å². The van der Waals surface area contributed by atoms with Crippen LogP contribution in [0, 0.1) is 5.41 Å². The van der Waals surface area contributed by atoms with E-state index in [9.17, 15) is 31.1 Å². The van der Waals surface area contributed by atoms with Gasteiger partial charge in [-0.1, -0.05) is 11.6 Å². The van der Waals surface area contributed by atoms with Gasteiger partial charge in [0.15, 0.2) is 0 Å². The molecule has 2 aromatic rings. The van der Waals surface area contributed by atoms with Gasteiger partial charge >= 0.3 is 24.3 Å². The standard InChI is InChI=1S/C22H26ClN3O2.2C2HF3O2/c23-20-3-1-19(2-4-20)21(27)26-11-7-22(8-12-26)16-25(13-14-28-17-22)15-18-5-9-24-10-6-18;2*3-2(4,5)1(6)7/h1-6,9-10H,7-8,11-17H2;2*(H,6,7). The number of aliphatic carboxylic acids is 2. The van der Waals surface area contributed by atoms with Crippen molar-refractivity contribution < 1.29 is 55.7 Å². The molecule has 0 atom stereocenters. The second kappa shape index (κ2) is 15.2. The predicted octanol–water partition coefficient (Wildman–Crippen LogP) is 4.76. The number of carbonyl (C=O) groups is 3. The molecule has 42 heavy (non-hydrogen) atoms. The number of ether oxygens (including phenoxy) is 1. The molecule has 1 amide bonds. The molecule has 232 valence electrons. The Kier molecular flexibility index (Phi) is 12.6. The van der Waals surface area contributed by atoms with E-state index >= 15 is 0 Å². The first kappa shape index (κ1) is 34.8. The molecular weight excluding hydrogens is 600 g/mol. The van der Waals surface area contributed by atoms with Gasteiger partial charge in [0.25, 0.3) is 5.91 Å². The number of carbonyl (C=O) groups excluding carboxylic acids is 1. The van der Waals surface area contributed by atoms with Crippen molar-refractivity contribution >= 4 is 29.4 Å². The first-order valence-electron chi connectivity index (χ1n) is 12.4. The second-order valence-corrected chi connectivity index (χ2v) is 9.96. The fourth-order valence-corrected chi connectivity index (χ4v) is 4.35. The van der Waals surface area contributed by atoms with Crippen LogP contribution in [0.1, 0.15) is 28.8 Å². The molecule has 4 rings (SSSR count). The first-order chi connectivity index (χ1) is 19.5. The van der Waals surface area contributed by atoms with Gasteiger partial charge in [0.05, 0.1) is 13.2 Å². The van der Waals surface area contributed by atoms with Crippen LogP contribution in [0.4, 0.5) is 26.3 Å². The zero-order valence-electron chi connectivity index (χ0n) is 22.0. The van der Waals surface area contributed by atoms with Gasteiger partial charge < -0.3 is 19.8 Å². The molecule has 9 nitrogen and oxygen atoms in total. The summed E-state index contributed by atoms with van der Waals surface area (Å²) in [4.78, 5) is 39.1. The number of carboxylic acids is 2. The summed E-state index contributed by atoms with van der Waals surface area (Å²) in [6, 6.07) is 11.3. The summed E-state index contributed by atoms with van der Waals surface area (Å²) in [5.41, 5.74) is 2.11. The van der Waals surface area contributed by atoms with Crippen molar-refractivity contribution in [2.75, 3.05) is 39.4 Å². The molecule has 2 aliphatic heterocycles. The average Bonchev–Trinajstić information content (AvgIpc) is 3.11. The summed E-state index contributed by atoms with van der Waals surface area (Å²) in [5.74, 6) is -5.42. The minimum absolute atomic E-state index is 0.0923. The number of halogens is 7. The van der Waals surface area contributed by atoms with E-state index in [1.807, 2.05) is 17.3 Å². The molecule has 0 unspecified atom stereocenters. The summed E-state index contributed by atoms with van der Waals surface area (Å²) in [7, 11) is 0. The van der Waals surface area contributed by atoms with Gasteiger partial charge in [-0.3, -0.25) is 14.7 Å². The molecule has 0 aliphatic carbocycles. The maximum atomic E-state index is 12.8. The van der Waals surface area contributed by atoms with Gasteiger partial charge in [0.2, 0.25) is 0 Å². The van der Waals surface area contributed by atoms with E-state index in [0.717, 1.165) is 58.8 Å². The molecule has 2 fully saturated rings. The zero-order chi connectivity index (χ0) is 31.6. The molecule has 16 heteroatoms. The van der Waals surface area contributed by atoms with Gasteiger partial charge in [-0.25, -0.2) is 9.59 Å². The Labute approximate surface area is 241 Å². The molecule has 0 bridgehead atoms. The number of hydrogen-bond donors (Lipinski definition) is 2. The highest BCUT2D eigenvalue weighted by molar-refractivity contribution is 6.30. The molecule has 2 N–H and O–H groups in total. The van der Waals surface area contributed by atoms with Gasteiger partial charge in [-0.2, -0.15) is 26.3 Å². The fraction of sp³-hybridized carbons (Fsp3) is 0.462. The lowest BCUT2D eigenvalue weighted by Gasteiger charge is -2.42. The molecular formula is C26H28ClF6N3O6. The van der Waals surface area contributed by atoms with Crippen LogP contribution in [0.2, 0.25) is 5.02 Å². The zero-order valence-corrected chi connectivity index (χ0v) is 22.8. The van der Waals surface area contributed by atoms with Crippen LogP contribution < -0.4 is 0 Å². The lowest BCUT2D eigenvalue weighted by molar-refractivity contribution is -0.193. The number of likely N-dealkylation sites (tertiary alicyclic amines) is 1. The third-order valence-electron chi connectivity index (χ3n) is 6.36. The van der Waals surface area contributed by atoms with Gasteiger partial charge in [-0.15, -0.1) is 0 Å². The van der Waals surface area contributed by atoms with Crippen LogP contribution in [0.15, 0.2) is 48.8 Å². The molecule has 0 radical (unpaired) electrons. The number of piperidine rings is 1. The Morgan fingerprint density at radius 2 is 1.38 bits per heavy atom. The smallest absolute Gasteiger partial charge is 0.475 e. The highest BCUT2D eigenvalue weighted by atomic mass is 35.5. The van der Waals surface area contributed by atoms with Crippen LogP contribution in [-0.4, -0.2) is 94.6 Å². The third-order valence-corrected chi connectivity index (χ3v) is 6.61. The largest absolute Gasteiger partial charge is 0.490 e. The molecule has 0 saturated carbocycles. The van der Waals surface area contributed by atoms with Crippen molar-refractivity contribution in [3.63, 3.8) is 0 Å². The number of benzene rings is 1. The normalized spacial score (nSPS) is 17.2. The van der Waals surface area contributed by atoms with Crippen molar-refractivity contribution in [3.8, 4) is 0 Å². The Balaban J connectivity index is 0.000000367. The minimum Gasteiger partial charge on any atom is -0.475 e. The number of nitrogens with zero attached hydrogens (tertiary/aromatic N) is 3. The summed E-state index contributed by atoms with van der Waals surface area (Å²) in [5, 5.41) is 14.9. The van der Waals surface area contributed by atoms with E-state index in [0.29, 0.717) is 10.6 Å². The third kappa shape index (κ3) is 11.4. The maximum absolute atomic E-state index is 12.8. The van der Waals surface area contributed by atoms with Crippen LogP contribution in [0.25, 0.3) is 0 Å². The van der Waals surface area contributed by atoms with E-state index in [4.69, 9.17) is 36.1 Å². The molecule has 2 saturated heterocycles. The van der Waals surface area contributed by atoms with Gasteiger partial charge in [0, 0.05) is 61.1 Å². The monoisotopic (exact) mass is 627 g/mol. The quantitative estimate of drug-likeness (QED) is 0.468. The fourth-order valence-electron chi connectivity index (χ4n) is 4.22. The molecule has 1 spiro atoms. The lowest BCUT2D eigenvalue weighted by Crippen LogP contribution is -2.48. The SMILES string of the molecule is O=C(O)C(F)(F)F.O=C(O)C(F)(F)F.O=C(c1ccc(Cl)cc1)N1CCC2(CC1)COCCN(Cc1ccncc1)C2. The Hall–Kier alpha value is -3.43. The summed E-state index contributed by atoms with van der Waals surface area (Å²) in [6.45, 7) is 5.96. The van der Waals surface area contributed by atoms with Crippen LogP contribution in [0.5, 0.6) is 0 Å². The maximum Gasteiger partial charge on any atom is 0.490 e. The lowest BCUT2D eigenvalue weighted by atomic mass is 9.78. The summed E-state index contributed by atoms with van der Waals surface area (Å²) >= 11 is 5.94. The summed E-state index contributed by atoms with van der Waals surface area (Å²) in [6.07, 6.45) is -4.53. The van der Waals surface area contributed by atoms with Crippen molar-refractivity contribution in [2.24, 2.45) is 5.41 Å². The van der Waals surface area contributed by atoms with E-state index in [1.54, 1.807) is 24.3 Å². The molecule has 1 aromatic heterocycles. The van der Waals surface area contributed by atoms with Crippen LogP contribution in [-0.2, 0) is 20.9 Å². The second-order valence-electron chi connectivity index (χ2n) is 9.52. The van der Waals surface area contributed by atoms with E-state index < -0.39 is 24.3 Å². The molecule has 1 aromatic carbocycles. The Morgan fingerprint density at radius 3 is 1.86 bits per heavy atom. The van der Waals surface area contributed by atoms with E-state index in [1.165, 1.54) is 5.56 Å². The van der Waals surface area contributed by atoms with Gasteiger partial charge in [-0.05, 0) is 54.8 Å². The number of amides is 1. The highest BCUT2D eigenvalue weighted by Crippen LogP contribution is 2.35. The average molecular weight is 628 g/mol. The number of pyridine rings is 1. The predicted molar refractivity (Wildman–Crippen MR) is 137 cm³/mol. The van der Waals surface area contributed by atoms with Crippen molar-refractivity contribution in [2.45, 2.75) is 31.7 Å². The van der Waals surface area contributed by atoms with Gasteiger partial charge in [0.1, 0.15) is 0 Å². The number of carboxylic acid groups (broad SMARTS) is 2. The van der Waals surface area contributed by atoms with E-state index in [2.05, 4.69) is 22.0 Å². The summed E-state index contributed by atoms with van der Waals surface area (Å²) < 4.78 is 69.4. The first-order valence-corrected chi connectivity index (χ1v) is 12.7. The van der Waals surface area contributed by atoms with Crippen molar-refractivity contribution in [3.05, 3.63) is 64.9 Å². The minimum atomic E-state index is -5.08. The molecule has 3 heterocycles. The van der Waals surface area contributed by atoms with Crippen LogP contribution in [0.3, 0.4) is 0 Å². The Bertz CT molecular complexity index is 1150. The van der Waals surface area contributed by atoms with Crippen LogP contribution >= 0.6 is 11.6 Å². The van der Waals surface area contributed by atoms with E-state index in [-0.39, 0.29) is 11.3 Å². The topological polar surface area (TPSA) is 120 Å². The number of alkyl halides is 6. The number of aromatic nitrogens is 1. The number of rotatable bonds is 3. The highest BCUT2D eigenvalue weighted by Gasteiger charge is 2.40.